The predicted molar refractivity (Wildman–Crippen MR) is 72.1 cm³/mol. The lowest BCUT2D eigenvalue weighted by Gasteiger charge is -2.10. The number of aryl methyl sites for hydroxylation is 1. The average molecular weight is 241 g/mol. The van der Waals surface area contributed by atoms with Gasteiger partial charge in [-0.3, -0.25) is 4.79 Å². The summed E-state index contributed by atoms with van der Waals surface area (Å²) in [4.78, 5) is 12.0. The summed E-state index contributed by atoms with van der Waals surface area (Å²) < 4.78 is 5.15. The van der Waals surface area contributed by atoms with Crippen LogP contribution in [0.5, 0.6) is 5.75 Å². The lowest BCUT2D eigenvalue weighted by Crippen LogP contribution is -2.12. The Balaban J connectivity index is 2.21. The van der Waals surface area contributed by atoms with Crippen LogP contribution in [0.15, 0.2) is 48.5 Å². The molecule has 18 heavy (non-hydrogen) atoms. The molecule has 0 aliphatic carbocycles. The second-order valence-corrected chi connectivity index (χ2v) is 4.00. The number of nitrogens with one attached hydrogen (secondary N) is 1. The van der Waals surface area contributed by atoms with E-state index in [4.69, 9.17) is 4.74 Å². The van der Waals surface area contributed by atoms with Crippen LogP contribution in [0.2, 0.25) is 0 Å². The zero-order valence-corrected chi connectivity index (χ0v) is 10.4. The van der Waals surface area contributed by atoms with Crippen LogP contribution in [0.3, 0.4) is 0 Å². The predicted octanol–water partition coefficient (Wildman–Crippen LogP) is 3.26. The van der Waals surface area contributed by atoms with Crippen molar-refractivity contribution >= 4 is 11.6 Å². The van der Waals surface area contributed by atoms with Crippen LogP contribution in [-0.2, 0) is 0 Å². The van der Waals surface area contributed by atoms with Crippen molar-refractivity contribution in [1.82, 2.24) is 0 Å². The van der Waals surface area contributed by atoms with Crippen LogP contribution >= 0.6 is 0 Å². The van der Waals surface area contributed by atoms with E-state index >= 15 is 0 Å². The summed E-state index contributed by atoms with van der Waals surface area (Å²) in [7, 11) is 1.60. The zero-order chi connectivity index (χ0) is 13.0. The van der Waals surface area contributed by atoms with Gasteiger partial charge in [0.2, 0.25) is 0 Å². The van der Waals surface area contributed by atoms with E-state index in [-0.39, 0.29) is 5.91 Å². The van der Waals surface area contributed by atoms with Crippen molar-refractivity contribution in [1.29, 1.82) is 0 Å². The molecule has 0 heterocycles. The van der Waals surface area contributed by atoms with Crippen LogP contribution in [0.25, 0.3) is 0 Å². The standard InChI is InChI=1S/C15H15NO2/c1-11-8-9-13(18-2)10-14(11)16-15(17)12-6-4-3-5-7-12/h3-10H,1-2H3,(H,16,17). The normalized spacial score (nSPS) is 9.89. The number of methoxy groups -OCH3 is 1. The number of amides is 1. The number of carbonyl (C=O) groups excluding carboxylic acids is 1. The maximum Gasteiger partial charge on any atom is 0.255 e. The number of rotatable bonds is 3. The molecule has 3 heteroatoms. The number of carbonyl (C=O) groups is 1. The SMILES string of the molecule is COc1ccc(C)c(NC(=O)c2ccccc2)c1. The molecule has 0 saturated heterocycles. The van der Waals surface area contributed by atoms with Gasteiger partial charge >= 0.3 is 0 Å². The molecule has 0 atom stereocenters. The molecule has 0 unspecified atom stereocenters. The van der Waals surface area contributed by atoms with E-state index in [9.17, 15) is 4.79 Å². The van der Waals surface area contributed by atoms with Gasteiger partial charge in [0.15, 0.2) is 0 Å². The molecule has 0 saturated carbocycles. The van der Waals surface area contributed by atoms with Crippen molar-refractivity contribution in [3.05, 3.63) is 59.7 Å². The fraction of sp³-hybridized carbons (Fsp3) is 0.133. The van der Waals surface area contributed by atoms with Gasteiger partial charge in [-0.05, 0) is 30.7 Å². The first-order valence-corrected chi connectivity index (χ1v) is 5.72. The molecule has 0 aliphatic rings. The molecule has 3 nitrogen and oxygen atoms in total. The van der Waals surface area contributed by atoms with Crippen molar-refractivity contribution in [2.45, 2.75) is 6.92 Å². The quantitative estimate of drug-likeness (QED) is 0.895. The summed E-state index contributed by atoms with van der Waals surface area (Å²) in [6.07, 6.45) is 0. The van der Waals surface area contributed by atoms with Crippen LogP contribution in [0.4, 0.5) is 5.69 Å². The number of hydrogen-bond acceptors (Lipinski definition) is 2. The summed E-state index contributed by atoms with van der Waals surface area (Å²) in [5, 5.41) is 2.88. The molecule has 2 aromatic carbocycles. The molecule has 92 valence electrons. The fourth-order valence-corrected chi connectivity index (χ4v) is 1.65. The second kappa shape index (κ2) is 5.36. The van der Waals surface area contributed by atoms with Crippen LogP contribution < -0.4 is 10.1 Å². The van der Waals surface area contributed by atoms with E-state index in [1.54, 1.807) is 19.2 Å². The third kappa shape index (κ3) is 2.69. The van der Waals surface area contributed by atoms with E-state index in [2.05, 4.69) is 5.32 Å². The Morgan fingerprint density at radius 1 is 1.11 bits per heavy atom. The molecule has 2 rings (SSSR count). The van der Waals surface area contributed by atoms with Crippen molar-refractivity contribution in [3.8, 4) is 5.75 Å². The Morgan fingerprint density at radius 3 is 2.50 bits per heavy atom. The van der Waals surface area contributed by atoms with E-state index in [1.807, 2.05) is 43.3 Å². The van der Waals surface area contributed by atoms with Gasteiger partial charge in [-0.25, -0.2) is 0 Å². The minimum Gasteiger partial charge on any atom is -0.497 e. The van der Waals surface area contributed by atoms with Crippen LogP contribution in [0.1, 0.15) is 15.9 Å². The summed E-state index contributed by atoms with van der Waals surface area (Å²) in [6.45, 7) is 1.94. The van der Waals surface area contributed by atoms with Gasteiger partial charge in [0, 0.05) is 17.3 Å². The maximum atomic E-state index is 12.0. The largest absolute Gasteiger partial charge is 0.497 e. The Bertz CT molecular complexity index is 550. The molecule has 1 N–H and O–H groups in total. The average Bonchev–Trinajstić information content (AvgIpc) is 2.42. The van der Waals surface area contributed by atoms with Crippen molar-refractivity contribution in [2.24, 2.45) is 0 Å². The zero-order valence-electron chi connectivity index (χ0n) is 10.4. The number of anilines is 1. The molecule has 0 spiro atoms. The second-order valence-electron chi connectivity index (χ2n) is 4.00. The molecule has 0 aliphatic heterocycles. The topological polar surface area (TPSA) is 38.3 Å². The van der Waals surface area contributed by atoms with Crippen molar-refractivity contribution in [3.63, 3.8) is 0 Å². The first-order chi connectivity index (χ1) is 8.70. The first kappa shape index (κ1) is 12.2. The molecule has 0 bridgehead atoms. The molecule has 0 fully saturated rings. The van der Waals surface area contributed by atoms with Crippen LogP contribution in [-0.4, -0.2) is 13.0 Å². The van der Waals surface area contributed by atoms with Gasteiger partial charge in [-0.15, -0.1) is 0 Å². The number of benzene rings is 2. The molecule has 0 aromatic heterocycles. The summed E-state index contributed by atoms with van der Waals surface area (Å²) in [5.74, 6) is 0.607. The third-order valence-electron chi connectivity index (χ3n) is 2.73. The van der Waals surface area contributed by atoms with Gasteiger partial charge in [0.05, 0.1) is 7.11 Å². The Labute approximate surface area is 106 Å². The lowest BCUT2D eigenvalue weighted by atomic mass is 10.1. The highest BCUT2D eigenvalue weighted by atomic mass is 16.5. The van der Waals surface area contributed by atoms with Gasteiger partial charge in [-0.1, -0.05) is 24.3 Å². The molecule has 2 aromatic rings. The van der Waals surface area contributed by atoms with Crippen molar-refractivity contribution in [2.75, 3.05) is 12.4 Å². The third-order valence-corrected chi connectivity index (χ3v) is 2.73. The highest BCUT2D eigenvalue weighted by Crippen LogP contribution is 2.22. The fourth-order valence-electron chi connectivity index (χ4n) is 1.65. The summed E-state index contributed by atoms with van der Waals surface area (Å²) in [5.41, 5.74) is 2.41. The number of hydrogen-bond donors (Lipinski definition) is 1. The maximum absolute atomic E-state index is 12.0. The number of ether oxygens (including phenoxy) is 1. The Kier molecular flexibility index (Phi) is 3.63. The van der Waals surface area contributed by atoms with Gasteiger partial charge in [0.25, 0.3) is 5.91 Å². The monoisotopic (exact) mass is 241 g/mol. The molecular weight excluding hydrogens is 226 g/mol. The lowest BCUT2D eigenvalue weighted by molar-refractivity contribution is 0.102. The highest BCUT2D eigenvalue weighted by molar-refractivity contribution is 6.04. The van der Waals surface area contributed by atoms with E-state index in [0.29, 0.717) is 5.56 Å². The van der Waals surface area contributed by atoms with Crippen molar-refractivity contribution < 1.29 is 9.53 Å². The summed E-state index contributed by atoms with van der Waals surface area (Å²) >= 11 is 0. The van der Waals surface area contributed by atoms with Gasteiger partial charge < -0.3 is 10.1 Å². The van der Waals surface area contributed by atoms with Gasteiger partial charge in [0.1, 0.15) is 5.75 Å². The van der Waals surface area contributed by atoms with Gasteiger partial charge in [-0.2, -0.15) is 0 Å². The smallest absolute Gasteiger partial charge is 0.255 e. The molecule has 0 radical (unpaired) electrons. The molecular formula is C15H15NO2. The van der Waals surface area contributed by atoms with E-state index < -0.39 is 0 Å². The Hall–Kier alpha value is -2.29. The van der Waals surface area contributed by atoms with E-state index in [0.717, 1.165) is 17.0 Å². The minimum atomic E-state index is -0.119. The minimum absolute atomic E-state index is 0.119. The molecule has 1 amide bonds. The Morgan fingerprint density at radius 2 is 1.83 bits per heavy atom. The highest BCUT2D eigenvalue weighted by Gasteiger charge is 2.07. The van der Waals surface area contributed by atoms with E-state index in [1.165, 1.54) is 0 Å². The van der Waals surface area contributed by atoms with Crippen LogP contribution in [0, 0.1) is 6.92 Å². The summed E-state index contributed by atoms with van der Waals surface area (Å²) in [6, 6.07) is 14.7. The first-order valence-electron chi connectivity index (χ1n) is 5.72.